The van der Waals surface area contributed by atoms with Crippen molar-refractivity contribution >= 4 is 40.8 Å². The number of carbonyl (C=O) groups is 3. The van der Waals surface area contributed by atoms with E-state index in [0.29, 0.717) is 5.56 Å². The Bertz CT molecular complexity index is 945. The number of benzene rings is 1. The Balaban J connectivity index is 1.90. The molecule has 9 heteroatoms. The van der Waals surface area contributed by atoms with Gasteiger partial charge in [0.05, 0.1) is 21.7 Å². The van der Waals surface area contributed by atoms with E-state index >= 15 is 0 Å². The first-order valence-electron chi connectivity index (χ1n) is 9.94. The van der Waals surface area contributed by atoms with Crippen molar-refractivity contribution in [2.24, 2.45) is 5.73 Å². The topological polar surface area (TPSA) is 107 Å². The Labute approximate surface area is 184 Å². The first kappa shape index (κ1) is 22.5. The lowest BCUT2D eigenvalue weighted by molar-refractivity contribution is 0.0867. The maximum atomic E-state index is 12.9. The summed E-state index contributed by atoms with van der Waals surface area (Å²) >= 11 is 12.3. The second kappa shape index (κ2) is 9.73. The summed E-state index contributed by atoms with van der Waals surface area (Å²) in [5, 5.41) is 7.56. The molecule has 1 fully saturated rings. The zero-order valence-corrected chi connectivity index (χ0v) is 18.2. The average molecular weight is 451 g/mol. The van der Waals surface area contributed by atoms with Gasteiger partial charge in [0.25, 0.3) is 11.8 Å². The number of aromatic nitrogens is 2. The number of amides is 1. The summed E-state index contributed by atoms with van der Waals surface area (Å²) in [4.78, 5) is 38.1. The van der Waals surface area contributed by atoms with E-state index < -0.39 is 17.9 Å². The van der Waals surface area contributed by atoms with Crippen LogP contribution in [0.4, 0.5) is 0 Å². The largest absolute Gasteiger partial charge is 0.348 e. The van der Waals surface area contributed by atoms with E-state index in [9.17, 15) is 14.4 Å². The van der Waals surface area contributed by atoms with Crippen LogP contribution in [-0.2, 0) is 6.42 Å². The average Bonchev–Trinajstić information content (AvgIpc) is 3.11. The molecule has 160 valence electrons. The van der Waals surface area contributed by atoms with Crippen LogP contribution >= 0.6 is 23.2 Å². The number of rotatable bonds is 6. The van der Waals surface area contributed by atoms with Crippen molar-refractivity contribution in [2.75, 3.05) is 0 Å². The Morgan fingerprint density at radius 1 is 1.20 bits per heavy atom. The van der Waals surface area contributed by atoms with Crippen molar-refractivity contribution in [1.29, 1.82) is 0 Å². The summed E-state index contributed by atoms with van der Waals surface area (Å²) in [6, 6.07) is 4.04. The first-order valence-corrected chi connectivity index (χ1v) is 10.7. The van der Waals surface area contributed by atoms with Crippen LogP contribution in [0.3, 0.4) is 0 Å². The fraction of sp³-hybridized carbons (Fsp3) is 0.429. The van der Waals surface area contributed by atoms with Gasteiger partial charge in [0, 0.05) is 24.2 Å². The summed E-state index contributed by atoms with van der Waals surface area (Å²) in [6.07, 6.45) is 6.26. The lowest BCUT2D eigenvalue weighted by Crippen LogP contribution is -2.37. The summed E-state index contributed by atoms with van der Waals surface area (Å²) in [5.74, 6) is -1.26. The van der Waals surface area contributed by atoms with Gasteiger partial charge in [0.15, 0.2) is 11.5 Å². The zero-order valence-electron chi connectivity index (χ0n) is 16.7. The Morgan fingerprint density at radius 2 is 1.83 bits per heavy atom. The third-order valence-electron chi connectivity index (χ3n) is 5.15. The summed E-state index contributed by atoms with van der Waals surface area (Å²) in [5.41, 5.74) is 6.20. The summed E-state index contributed by atoms with van der Waals surface area (Å²) in [6.45, 7) is 1.53. The molecule has 0 aliphatic heterocycles. The molecule has 3 rings (SSSR count). The number of nitrogens with two attached hydrogens (primary N) is 1. The van der Waals surface area contributed by atoms with Crippen LogP contribution in [0.5, 0.6) is 0 Å². The number of hydrogen-bond acceptors (Lipinski definition) is 5. The molecule has 0 saturated heterocycles. The number of hydrogen-bond donors (Lipinski definition) is 2. The highest BCUT2D eigenvalue weighted by atomic mass is 35.5. The summed E-state index contributed by atoms with van der Waals surface area (Å²) < 4.78 is 1.03. The molecular weight excluding hydrogens is 427 g/mol. The molecular formula is C21H24Cl2N4O3. The fourth-order valence-electron chi connectivity index (χ4n) is 3.58. The number of ketones is 1. The molecule has 1 aliphatic rings. The highest BCUT2D eigenvalue weighted by Gasteiger charge is 2.26. The molecule has 1 aromatic heterocycles. The zero-order chi connectivity index (χ0) is 21.8. The smallest absolute Gasteiger partial charge is 0.272 e. The third-order valence-corrected chi connectivity index (χ3v) is 5.78. The van der Waals surface area contributed by atoms with Crippen LogP contribution in [0, 0.1) is 0 Å². The van der Waals surface area contributed by atoms with E-state index in [-0.39, 0.29) is 39.5 Å². The first-order chi connectivity index (χ1) is 14.3. The molecule has 0 spiro atoms. The van der Waals surface area contributed by atoms with Crippen LogP contribution in [0.25, 0.3) is 0 Å². The second-order valence-corrected chi connectivity index (χ2v) is 8.39. The van der Waals surface area contributed by atoms with Gasteiger partial charge in [-0.15, -0.1) is 0 Å². The molecule has 0 radical (unpaired) electrons. The normalized spacial score (nSPS) is 15.6. The molecule has 1 aromatic carbocycles. The predicted octanol–water partition coefficient (Wildman–Crippen LogP) is 3.67. The Morgan fingerprint density at radius 3 is 2.43 bits per heavy atom. The van der Waals surface area contributed by atoms with Crippen LogP contribution in [0.1, 0.15) is 70.2 Å². The molecule has 2 aromatic rings. The van der Waals surface area contributed by atoms with Crippen LogP contribution in [0.2, 0.25) is 10.0 Å². The fourth-order valence-corrected chi connectivity index (χ4v) is 4.19. The van der Waals surface area contributed by atoms with Crippen molar-refractivity contribution in [3.63, 3.8) is 0 Å². The van der Waals surface area contributed by atoms with Gasteiger partial charge < -0.3 is 11.1 Å². The van der Waals surface area contributed by atoms with Crippen molar-refractivity contribution < 1.29 is 14.4 Å². The van der Waals surface area contributed by atoms with Crippen molar-refractivity contribution in [1.82, 2.24) is 15.1 Å². The van der Waals surface area contributed by atoms with Crippen LogP contribution < -0.4 is 11.1 Å². The van der Waals surface area contributed by atoms with Gasteiger partial charge in [-0.3, -0.25) is 14.4 Å². The Kier molecular flexibility index (Phi) is 7.28. The SMILES string of the molecule is C[C@@H](N)C(=O)n1cc(CC(=O)c2c(Cl)cccc2Cl)c(C(=O)NC2CCCCC2)n1. The van der Waals surface area contributed by atoms with Crippen molar-refractivity contribution in [3.05, 3.63) is 51.3 Å². The Hall–Kier alpha value is -2.22. The molecule has 0 unspecified atom stereocenters. The van der Waals surface area contributed by atoms with Gasteiger partial charge in [0.1, 0.15) is 0 Å². The lowest BCUT2D eigenvalue weighted by Gasteiger charge is -2.22. The highest BCUT2D eigenvalue weighted by Crippen LogP contribution is 2.26. The molecule has 0 bridgehead atoms. The molecule has 1 aliphatic carbocycles. The molecule has 7 nitrogen and oxygen atoms in total. The van der Waals surface area contributed by atoms with E-state index in [1.807, 2.05) is 0 Å². The molecule has 1 atom stereocenters. The second-order valence-electron chi connectivity index (χ2n) is 7.58. The minimum atomic E-state index is -0.805. The minimum absolute atomic E-state index is 0.0334. The van der Waals surface area contributed by atoms with Crippen LogP contribution in [-0.4, -0.2) is 39.5 Å². The molecule has 30 heavy (non-hydrogen) atoms. The number of halogens is 2. The quantitative estimate of drug-likeness (QED) is 0.652. The van der Waals surface area contributed by atoms with E-state index in [1.54, 1.807) is 18.2 Å². The highest BCUT2D eigenvalue weighted by molar-refractivity contribution is 6.39. The van der Waals surface area contributed by atoms with Gasteiger partial charge in [0.2, 0.25) is 0 Å². The lowest BCUT2D eigenvalue weighted by atomic mass is 9.95. The molecule has 1 amide bonds. The van der Waals surface area contributed by atoms with Gasteiger partial charge >= 0.3 is 0 Å². The summed E-state index contributed by atoms with van der Waals surface area (Å²) in [7, 11) is 0. The monoisotopic (exact) mass is 450 g/mol. The number of carbonyl (C=O) groups excluding carboxylic acids is 3. The third kappa shape index (κ3) is 5.09. The molecule has 1 heterocycles. The van der Waals surface area contributed by atoms with Crippen molar-refractivity contribution in [3.8, 4) is 0 Å². The standard InChI is InChI=1S/C21H24Cl2N4O3/c1-12(24)21(30)27-11-13(10-17(28)18-15(22)8-5-9-16(18)23)19(26-27)20(29)25-14-6-3-2-4-7-14/h5,8-9,11-12,14H,2-4,6-7,10,24H2,1H3,(H,25,29)/t12-/m1/s1. The van der Waals surface area contributed by atoms with E-state index in [4.69, 9.17) is 28.9 Å². The number of nitrogens with zero attached hydrogens (tertiary/aromatic N) is 2. The van der Waals surface area contributed by atoms with E-state index in [1.165, 1.54) is 13.1 Å². The maximum Gasteiger partial charge on any atom is 0.272 e. The van der Waals surface area contributed by atoms with E-state index in [2.05, 4.69) is 10.4 Å². The maximum absolute atomic E-state index is 12.9. The van der Waals surface area contributed by atoms with Crippen molar-refractivity contribution in [2.45, 2.75) is 57.5 Å². The van der Waals surface area contributed by atoms with Gasteiger partial charge in [-0.05, 0) is 31.9 Å². The molecule has 1 saturated carbocycles. The number of Topliss-reactive ketones (excluding diaryl/α,β-unsaturated/α-hetero) is 1. The number of nitrogens with one attached hydrogen (secondary N) is 1. The van der Waals surface area contributed by atoms with Gasteiger partial charge in [-0.1, -0.05) is 48.5 Å². The predicted molar refractivity (Wildman–Crippen MR) is 115 cm³/mol. The van der Waals surface area contributed by atoms with E-state index in [0.717, 1.165) is 36.8 Å². The minimum Gasteiger partial charge on any atom is -0.348 e. The molecule has 3 N–H and O–H groups in total. The van der Waals surface area contributed by atoms with Crippen LogP contribution in [0.15, 0.2) is 24.4 Å². The van der Waals surface area contributed by atoms with Gasteiger partial charge in [-0.25, -0.2) is 4.68 Å². The van der Waals surface area contributed by atoms with Gasteiger partial charge in [-0.2, -0.15) is 5.10 Å².